The first-order chi connectivity index (χ1) is 24.1. The summed E-state index contributed by atoms with van der Waals surface area (Å²) in [5.41, 5.74) is 0.530. The third-order valence-corrected chi connectivity index (χ3v) is 7.82. The zero-order chi connectivity index (χ0) is 36.0. The Morgan fingerprint density at radius 1 is 0.780 bits per heavy atom. The fourth-order valence-corrected chi connectivity index (χ4v) is 5.41. The summed E-state index contributed by atoms with van der Waals surface area (Å²) in [4.78, 5) is 83.4. The molecule has 0 saturated carbocycles. The number of halogens is 1. The van der Waals surface area contributed by atoms with Gasteiger partial charge >= 0.3 is 24.0 Å². The van der Waals surface area contributed by atoms with E-state index in [1.165, 1.54) is 17.0 Å². The lowest BCUT2D eigenvalue weighted by Crippen LogP contribution is -2.52. The van der Waals surface area contributed by atoms with E-state index in [1.807, 2.05) is 11.0 Å². The van der Waals surface area contributed by atoms with Crippen LogP contribution < -0.4 is 10.6 Å². The molecule has 1 fully saturated rings. The Bertz CT molecular complexity index is 1730. The minimum absolute atomic E-state index is 0.102. The van der Waals surface area contributed by atoms with Crippen LogP contribution in [0.4, 0.5) is 14.0 Å². The van der Waals surface area contributed by atoms with Crippen molar-refractivity contribution in [2.75, 3.05) is 52.5 Å². The molecule has 0 radical (unpaired) electrons. The van der Waals surface area contributed by atoms with Crippen LogP contribution in [0.3, 0.4) is 0 Å². The molecule has 4 rings (SSSR count). The minimum atomic E-state index is -0.971. The van der Waals surface area contributed by atoms with Crippen molar-refractivity contribution in [3.63, 3.8) is 0 Å². The Morgan fingerprint density at radius 3 is 2.00 bits per heavy atom. The molecular weight excluding hydrogens is 651 g/mol. The second kappa shape index (κ2) is 18.2. The van der Waals surface area contributed by atoms with Gasteiger partial charge < -0.3 is 29.9 Å². The lowest BCUT2D eigenvalue weighted by Gasteiger charge is -2.36. The van der Waals surface area contributed by atoms with Crippen molar-refractivity contribution in [1.29, 1.82) is 0 Å². The molecule has 3 aromatic rings. The number of rotatable bonds is 13. The number of amidine groups is 1. The highest BCUT2D eigenvalue weighted by molar-refractivity contribution is 6.45. The first-order valence-corrected chi connectivity index (χ1v) is 16.5. The zero-order valence-corrected chi connectivity index (χ0v) is 28.1. The molecule has 1 aliphatic rings. The molecule has 2 aromatic carbocycles. The molecule has 2 heterocycles. The van der Waals surface area contributed by atoms with Crippen LogP contribution in [0.5, 0.6) is 0 Å². The van der Waals surface area contributed by atoms with Gasteiger partial charge in [-0.3, -0.25) is 23.7 Å². The number of ether oxygens (including phenoxy) is 2. The number of carbonyl (C=O) groups excluding carboxylic acids is 6. The van der Waals surface area contributed by atoms with Gasteiger partial charge in [-0.2, -0.15) is 4.99 Å². The Kier molecular flexibility index (Phi) is 13.6. The maximum atomic E-state index is 15.1. The van der Waals surface area contributed by atoms with E-state index in [2.05, 4.69) is 15.6 Å². The number of aromatic nitrogens is 1. The number of ketones is 1. The normalized spacial score (nSPS) is 13.1. The smallest absolute Gasteiger partial charge is 0.342 e. The van der Waals surface area contributed by atoms with Gasteiger partial charge in [-0.1, -0.05) is 36.4 Å². The number of hydrogen-bond donors (Lipinski definition) is 2. The number of nitrogens with zero attached hydrogens (tertiary/aromatic N) is 4. The van der Waals surface area contributed by atoms with Crippen molar-refractivity contribution in [3.05, 3.63) is 71.7 Å². The average Bonchev–Trinajstić information content (AvgIpc) is 3.52. The Balaban J connectivity index is 1.42. The highest BCUT2D eigenvalue weighted by atomic mass is 19.1. The first kappa shape index (κ1) is 37.2. The Morgan fingerprint density at radius 2 is 1.38 bits per heavy atom. The summed E-state index contributed by atoms with van der Waals surface area (Å²) in [5, 5.41) is 5.17. The quantitative estimate of drug-likeness (QED) is 0.0680. The molecule has 50 heavy (non-hydrogen) atoms. The van der Waals surface area contributed by atoms with Gasteiger partial charge in [-0.15, -0.1) is 0 Å². The maximum absolute atomic E-state index is 15.1. The number of hydrogen-bond acceptors (Lipinski definition) is 8. The lowest BCUT2D eigenvalue weighted by atomic mass is 10.1. The Labute approximate surface area is 288 Å². The molecule has 15 heteroatoms. The van der Waals surface area contributed by atoms with Gasteiger partial charge in [0.1, 0.15) is 11.7 Å². The van der Waals surface area contributed by atoms with Gasteiger partial charge in [-0.05, 0) is 38.8 Å². The van der Waals surface area contributed by atoms with E-state index < -0.39 is 35.5 Å². The monoisotopic (exact) mass is 692 g/mol. The molecule has 0 unspecified atom stereocenters. The number of nitrogens with one attached hydrogen (secondary N) is 2. The van der Waals surface area contributed by atoms with Crippen LogP contribution in [0, 0.1) is 5.82 Å². The number of fused-ring (bicyclic) bond motifs is 1. The van der Waals surface area contributed by atoms with Crippen LogP contribution in [-0.4, -0.2) is 108 Å². The molecule has 1 aromatic heterocycles. The van der Waals surface area contributed by atoms with Crippen molar-refractivity contribution >= 4 is 52.4 Å². The number of Topliss-reactive ketones (excluding diaryl/α,β-unsaturated/α-hetero) is 1. The lowest BCUT2D eigenvalue weighted by molar-refractivity contribution is -0.144. The fourth-order valence-electron chi connectivity index (χ4n) is 5.41. The molecule has 0 spiro atoms. The molecule has 1 aliphatic heterocycles. The summed E-state index contributed by atoms with van der Waals surface area (Å²) < 4.78 is 25.9. The van der Waals surface area contributed by atoms with Crippen LogP contribution in [-0.2, 0) is 23.9 Å². The number of esters is 2. The summed E-state index contributed by atoms with van der Waals surface area (Å²) >= 11 is 0. The van der Waals surface area contributed by atoms with E-state index >= 15 is 4.39 Å². The summed E-state index contributed by atoms with van der Waals surface area (Å²) in [5.74, 6) is -2.95. The van der Waals surface area contributed by atoms with Gasteiger partial charge in [0.2, 0.25) is 0 Å². The molecule has 2 N–H and O–H groups in total. The van der Waals surface area contributed by atoms with E-state index in [9.17, 15) is 28.8 Å². The summed E-state index contributed by atoms with van der Waals surface area (Å²) in [6.45, 7) is 5.01. The first-order valence-electron chi connectivity index (χ1n) is 16.5. The summed E-state index contributed by atoms with van der Waals surface area (Å²) in [6.07, 6.45) is 2.12. The van der Waals surface area contributed by atoms with Crippen LogP contribution in [0.15, 0.2) is 59.7 Å². The van der Waals surface area contributed by atoms with E-state index in [-0.39, 0.29) is 87.8 Å². The molecule has 1 saturated heterocycles. The predicted molar refractivity (Wildman–Crippen MR) is 181 cm³/mol. The topological polar surface area (TPSA) is 169 Å². The van der Waals surface area contributed by atoms with Crippen LogP contribution >= 0.6 is 0 Å². The Hall–Kier alpha value is -5.60. The van der Waals surface area contributed by atoms with Gasteiger partial charge in [0, 0.05) is 69.3 Å². The van der Waals surface area contributed by atoms with Gasteiger partial charge in [0.25, 0.3) is 11.7 Å². The van der Waals surface area contributed by atoms with Crippen molar-refractivity contribution < 1.29 is 42.6 Å². The molecule has 266 valence electrons. The molecule has 14 nitrogen and oxygen atoms in total. The molecule has 0 bridgehead atoms. The predicted octanol–water partition coefficient (Wildman–Crippen LogP) is 3.51. The number of amides is 4. The SMILES string of the molecule is CCOC(=O)CCCNC(=O)/N=C(\c1ccccc1)N1CCN(C(=O)C(=O)c2cn(C(=O)NCCCC(=O)OCC)c3cccc(F)c23)CC1. The average molecular weight is 693 g/mol. The molecule has 0 aliphatic carbocycles. The number of benzene rings is 2. The van der Waals surface area contributed by atoms with Gasteiger partial charge in [0.15, 0.2) is 0 Å². The maximum Gasteiger partial charge on any atom is 0.342 e. The van der Waals surface area contributed by atoms with Crippen molar-refractivity contribution in [2.24, 2.45) is 4.99 Å². The van der Waals surface area contributed by atoms with E-state index in [0.717, 1.165) is 16.8 Å². The zero-order valence-electron chi connectivity index (χ0n) is 28.1. The number of aliphatic imine (C=N–C) groups is 1. The number of urea groups is 1. The largest absolute Gasteiger partial charge is 0.466 e. The second-order valence-electron chi connectivity index (χ2n) is 11.2. The van der Waals surface area contributed by atoms with Crippen LogP contribution in [0.1, 0.15) is 55.5 Å². The van der Waals surface area contributed by atoms with Gasteiger partial charge in [0.05, 0.1) is 24.3 Å². The van der Waals surface area contributed by atoms with Crippen molar-refractivity contribution in [3.8, 4) is 0 Å². The minimum Gasteiger partial charge on any atom is -0.466 e. The fraction of sp³-hybridized carbons (Fsp3) is 0.400. The second-order valence-corrected chi connectivity index (χ2v) is 11.2. The van der Waals surface area contributed by atoms with Crippen molar-refractivity contribution in [1.82, 2.24) is 25.0 Å². The summed E-state index contributed by atoms with van der Waals surface area (Å²) in [7, 11) is 0. The summed E-state index contributed by atoms with van der Waals surface area (Å²) in [6, 6.07) is 11.8. The molecule has 4 amide bonds. The third kappa shape index (κ3) is 9.74. The standard InChI is InChI=1S/C35H41FN6O8/c1-3-49-28(43)15-9-17-37-34(47)39-32(24-11-6-5-7-12-24)40-19-21-41(22-20-40)33(46)31(45)25-23-42(27-14-8-13-26(36)30(25)27)35(48)38-18-10-16-29(44)50-4-2/h5-8,11-14,23H,3-4,9-10,15-22H2,1-2H3,(H,37,47)(H,38,48)/b39-32+. The van der Waals surface area contributed by atoms with Gasteiger partial charge in [-0.25, -0.2) is 14.0 Å². The van der Waals surface area contributed by atoms with E-state index in [1.54, 1.807) is 38.1 Å². The van der Waals surface area contributed by atoms with Crippen LogP contribution in [0.25, 0.3) is 10.9 Å². The number of piperazine rings is 1. The van der Waals surface area contributed by atoms with E-state index in [4.69, 9.17) is 9.47 Å². The third-order valence-electron chi connectivity index (χ3n) is 7.82. The number of carbonyl (C=O) groups is 6. The van der Waals surface area contributed by atoms with Crippen molar-refractivity contribution in [2.45, 2.75) is 39.5 Å². The van der Waals surface area contributed by atoms with Crippen LogP contribution in [0.2, 0.25) is 0 Å². The highest BCUT2D eigenvalue weighted by Crippen LogP contribution is 2.26. The van der Waals surface area contributed by atoms with E-state index in [0.29, 0.717) is 24.2 Å². The molecule has 0 atom stereocenters. The molecular formula is C35H41FN6O8. The highest BCUT2D eigenvalue weighted by Gasteiger charge is 2.32.